The van der Waals surface area contributed by atoms with Crippen LogP contribution in [0.25, 0.3) is 22.3 Å². The largest absolute Gasteiger partial charge is 0.481 e. The molecule has 7 nitrogen and oxygen atoms in total. The van der Waals surface area contributed by atoms with Crippen LogP contribution < -0.4 is 4.90 Å². The number of benzene rings is 3. The summed E-state index contributed by atoms with van der Waals surface area (Å²) in [5.74, 6) is -1.07. The Labute approximate surface area is 226 Å². The second kappa shape index (κ2) is 11.6. The molecule has 1 fully saturated rings. The lowest BCUT2D eigenvalue weighted by atomic mass is 10.0. The fraction of sp³-hybridized carbons (Fsp3) is 0.290. The maximum absolute atomic E-state index is 13.7. The van der Waals surface area contributed by atoms with Gasteiger partial charge in [0.25, 0.3) is 5.91 Å². The topological polar surface area (TPSA) is 86.6 Å². The van der Waals surface area contributed by atoms with Gasteiger partial charge in [0, 0.05) is 49.4 Å². The maximum atomic E-state index is 13.7. The molecule has 0 bridgehead atoms. The first kappa shape index (κ1) is 26.3. The first-order chi connectivity index (χ1) is 18.9. The maximum Gasteiger partial charge on any atom is 0.303 e. The van der Waals surface area contributed by atoms with Crippen LogP contribution >= 0.6 is 0 Å². The average molecular weight is 527 g/mol. The molecule has 8 heteroatoms. The van der Waals surface area contributed by atoms with Crippen molar-refractivity contribution in [2.75, 3.05) is 31.1 Å². The molecular weight excluding hydrogens is 495 g/mol. The second-order valence-corrected chi connectivity index (χ2v) is 9.90. The molecule has 1 amide bonds. The molecule has 4 aromatic rings. The number of unbranched alkanes of at least 4 members (excludes halogenated alkanes) is 1. The van der Waals surface area contributed by atoms with Crippen LogP contribution in [-0.4, -0.2) is 58.0 Å². The van der Waals surface area contributed by atoms with Crippen LogP contribution in [0.2, 0.25) is 0 Å². The predicted molar refractivity (Wildman–Crippen MR) is 149 cm³/mol. The van der Waals surface area contributed by atoms with Gasteiger partial charge in [-0.1, -0.05) is 30.3 Å². The Hall–Kier alpha value is -4.33. The van der Waals surface area contributed by atoms with Crippen molar-refractivity contribution >= 4 is 28.6 Å². The number of carboxylic acid groups (broad SMARTS) is 1. The smallest absolute Gasteiger partial charge is 0.303 e. The van der Waals surface area contributed by atoms with E-state index in [-0.39, 0.29) is 18.1 Å². The number of hydrogen-bond donors (Lipinski definition) is 1. The Morgan fingerprint density at radius 3 is 2.38 bits per heavy atom. The van der Waals surface area contributed by atoms with E-state index < -0.39 is 5.97 Å². The molecule has 1 aliphatic heterocycles. The number of aromatic nitrogens is 2. The molecule has 2 heterocycles. The summed E-state index contributed by atoms with van der Waals surface area (Å²) in [5.41, 5.74) is 6.02. The number of amides is 1. The van der Waals surface area contributed by atoms with Crippen molar-refractivity contribution in [3.05, 3.63) is 89.4 Å². The minimum Gasteiger partial charge on any atom is -0.481 e. The number of aliphatic carboxylic acids is 1. The number of carboxylic acids is 1. The summed E-state index contributed by atoms with van der Waals surface area (Å²) < 4.78 is 13.7. The predicted octanol–water partition coefficient (Wildman–Crippen LogP) is 5.50. The number of rotatable bonds is 8. The van der Waals surface area contributed by atoms with Gasteiger partial charge in [-0.15, -0.1) is 0 Å². The Balaban J connectivity index is 1.35. The zero-order chi connectivity index (χ0) is 27.4. The summed E-state index contributed by atoms with van der Waals surface area (Å²) in [7, 11) is 0. The SMILES string of the molecule is Cc1cc(N2CCN(C(=O)c3ccc4nc(-c5ccccc5)c(CCCCC(=O)O)nc4c3)CC2)ccc1F. The highest BCUT2D eigenvalue weighted by Crippen LogP contribution is 2.26. The van der Waals surface area contributed by atoms with Gasteiger partial charge >= 0.3 is 5.97 Å². The van der Waals surface area contributed by atoms with E-state index in [0.29, 0.717) is 67.6 Å². The molecule has 39 heavy (non-hydrogen) atoms. The van der Waals surface area contributed by atoms with Crippen molar-refractivity contribution in [3.63, 3.8) is 0 Å². The zero-order valence-corrected chi connectivity index (χ0v) is 21.9. The van der Waals surface area contributed by atoms with E-state index in [9.17, 15) is 14.0 Å². The fourth-order valence-electron chi connectivity index (χ4n) is 4.97. The Kier molecular flexibility index (Phi) is 7.81. The van der Waals surface area contributed by atoms with Crippen LogP contribution in [0.15, 0.2) is 66.7 Å². The van der Waals surface area contributed by atoms with Crippen LogP contribution in [-0.2, 0) is 11.2 Å². The van der Waals surface area contributed by atoms with Crippen molar-refractivity contribution in [2.24, 2.45) is 0 Å². The van der Waals surface area contributed by atoms with Crippen molar-refractivity contribution in [1.29, 1.82) is 0 Å². The molecule has 0 atom stereocenters. The van der Waals surface area contributed by atoms with E-state index in [4.69, 9.17) is 15.1 Å². The van der Waals surface area contributed by atoms with Crippen molar-refractivity contribution in [1.82, 2.24) is 14.9 Å². The van der Waals surface area contributed by atoms with Gasteiger partial charge in [0.15, 0.2) is 0 Å². The van der Waals surface area contributed by atoms with Crippen LogP contribution in [0.5, 0.6) is 0 Å². The number of carbonyl (C=O) groups is 2. The summed E-state index contributed by atoms with van der Waals surface area (Å²) in [6, 6.07) is 20.4. The Morgan fingerprint density at radius 2 is 1.67 bits per heavy atom. The molecule has 3 aromatic carbocycles. The number of carbonyl (C=O) groups excluding carboxylic acids is 1. The van der Waals surface area contributed by atoms with Gasteiger partial charge in [-0.3, -0.25) is 9.59 Å². The molecule has 1 saturated heterocycles. The van der Waals surface area contributed by atoms with Gasteiger partial charge in [0.2, 0.25) is 0 Å². The number of aryl methyl sites for hydroxylation is 2. The summed E-state index contributed by atoms with van der Waals surface area (Å²) in [6.07, 6.45) is 1.96. The molecule has 1 aliphatic rings. The van der Waals surface area contributed by atoms with Gasteiger partial charge in [-0.2, -0.15) is 0 Å². The zero-order valence-electron chi connectivity index (χ0n) is 21.9. The van der Waals surface area contributed by atoms with E-state index >= 15 is 0 Å². The van der Waals surface area contributed by atoms with E-state index in [1.165, 1.54) is 6.07 Å². The van der Waals surface area contributed by atoms with Gasteiger partial charge < -0.3 is 14.9 Å². The van der Waals surface area contributed by atoms with Crippen LogP contribution in [0.4, 0.5) is 10.1 Å². The lowest BCUT2D eigenvalue weighted by molar-refractivity contribution is -0.137. The van der Waals surface area contributed by atoms with Crippen LogP contribution in [0.1, 0.15) is 40.9 Å². The minimum atomic E-state index is -0.806. The van der Waals surface area contributed by atoms with Gasteiger partial charge in [-0.05, 0) is 68.1 Å². The summed E-state index contributed by atoms with van der Waals surface area (Å²) in [6.45, 7) is 4.24. The number of piperazine rings is 1. The quantitative estimate of drug-likeness (QED) is 0.305. The van der Waals surface area contributed by atoms with Crippen molar-refractivity contribution in [2.45, 2.75) is 32.6 Å². The van der Waals surface area contributed by atoms with Gasteiger partial charge in [0.1, 0.15) is 5.82 Å². The highest BCUT2D eigenvalue weighted by atomic mass is 19.1. The summed E-state index contributed by atoms with van der Waals surface area (Å²) >= 11 is 0. The molecule has 1 aromatic heterocycles. The van der Waals surface area contributed by atoms with Crippen molar-refractivity contribution < 1.29 is 19.1 Å². The van der Waals surface area contributed by atoms with Gasteiger partial charge in [0.05, 0.1) is 22.4 Å². The van der Waals surface area contributed by atoms with E-state index in [1.807, 2.05) is 47.4 Å². The first-order valence-corrected chi connectivity index (χ1v) is 13.3. The lowest BCUT2D eigenvalue weighted by Crippen LogP contribution is -2.48. The Bertz CT molecular complexity index is 1500. The third kappa shape index (κ3) is 6.06. The number of halogens is 1. The number of nitrogens with zero attached hydrogens (tertiary/aromatic N) is 4. The fourth-order valence-corrected chi connectivity index (χ4v) is 4.97. The highest BCUT2D eigenvalue weighted by Gasteiger charge is 2.23. The second-order valence-electron chi connectivity index (χ2n) is 9.90. The van der Waals surface area contributed by atoms with Gasteiger partial charge in [-0.25, -0.2) is 14.4 Å². The van der Waals surface area contributed by atoms with E-state index in [1.54, 1.807) is 25.1 Å². The van der Waals surface area contributed by atoms with E-state index in [2.05, 4.69) is 4.90 Å². The lowest BCUT2D eigenvalue weighted by Gasteiger charge is -2.36. The molecule has 0 aliphatic carbocycles. The third-order valence-electron chi connectivity index (χ3n) is 7.16. The molecule has 0 unspecified atom stereocenters. The number of anilines is 1. The standard InChI is InChI=1S/C31H31FN4O3/c1-21-19-24(12-13-25(21)32)35-15-17-36(18-16-35)31(39)23-11-14-26-28(20-23)33-27(9-5-6-10-29(37)38)30(34-26)22-7-3-2-4-8-22/h2-4,7-8,11-14,19-20H,5-6,9-10,15-18H2,1H3,(H,37,38). The first-order valence-electron chi connectivity index (χ1n) is 13.3. The minimum absolute atomic E-state index is 0.0521. The molecule has 200 valence electrons. The van der Waals surface area contributed by atoms with Crippen molar-refractivity contribution in [3.8, 4) is 11.3 Å². The van der Waals surface area contributed by atoms with Crippen LogP contribution in [0, 0.1) is 12.7 Å². The molecule has 0 saturated carbocycles. The molecule has 1 N–H and O–H groups in total. The third-order valence-corrected chi connectivity index (χ3v) is 7.16. The van der Waals surface area contributed by atoms with E-state index in [0.717, 1.165) is 22.6 Å². The summed E-state index contributed by atoms with van der Waals surface area (Å²) in [5, 5.41) is 8.99. The number of fused-ring (bicyclic) bond motifs is 1. The monoisotopic (exact) mass is 526 g/mol. The summed E-state index contributed by atoms with van der Waals surface area (Å²) in [4.78, 5) is 38.1. The molecule has 0 radical (unpaired) electrons. The average Bonchev–Trinajstić information content (AvgIpc) is 2.96. The Morgan fingerprint density at radius 1 is 0.897 bits per heavy atom. The van der Waals surface area contributed by atoms with Crippen LogP contribution in [0.3, 0.4) is 0 Å². The number of hydrogen-bond acceptors (Lipinski definition) is 5. The normalized spacial score (nSPS) is 13.6. The molecule has 5 rings (SSSR count). The molecular formula is C31H31FN4O3. The highest BCUT2D eigenvalue weighted by molar-refractivity contribution is 5.97. The molecule has 0 spiro atoms.